The van der Waals surface area contributed by atoms with Gasteiger partial charge in [0.2, 0.25) is 0 Å². The fourth-order valence-electron chi connectivity index (χ4n) is 2.05. The standard InChI is InChI=1S/C11H8Cl2N2/c12-8-5-6-3-1-2-4-7(6)9-10(8)14-15-11(9)13/h1-4,8H,5H2,(H,14,15). The van der Waals surface area contributed by atoms with Crippen LogP contribution in [0.25, 0.3) is 11.1 Å². The summed E-state index contributed by atoms with van der Waals surface area (Å²) >= 11 is 12.3. The molecule has 0 spiro atoms. The molecule has 0 saturated carbocycles. The number of rotatable bonds is 0. The van der Waals surface area contributed by atoms with Gasteiger partial charge in [-0.3, -0.25) is 5.10 Å². The summed E-state index contributed by atoms with van der Waals surface area (Å²) < 4.78 is 0. The van der Waals surface area contributed by atoms with Crippen LogP contribution >= 0.6 is 23.2 Å². The van der Waals surface area contributed by atoms with Gasteiger partial charge in [0.15, 0.2) is 5.15 Å². The number of hydrogen-bond acceptors (Lipinski definition) is 1. The zero-order valence-electron chi connectivity index (χ0n) is 7.80. The van der Waals surface area contributed by atoms with Gasteiger partial charge in [0.25, 0.3) is 0 Å². The van der Waals surface area contributed by atoms with Crippen molar-refractivity contribution < 1.29 is 0 Å². The summed E-state index contributed by atoms with van der Waals surface area (Å²) in [6.07, 6.45) is 0.823. The molecule has 1 aliphatic rings. The number of H-pyrrole nitrogens is 1. The molecule has 3 rings (SSSR count). The van der Waals surface area contributed by atoms with Crippen molar-refractivity contribution in [2.24, 2.45) is 0 Å². The van der Waals surface area contributed by atoms with E-state index in [9.17, 15) is 0 Å². The van der Waals surface area contributed by atoms with E-state index in [1.54, 1.807) is 0 Å². The number of aromatic amines is 1. The second-order valence-electron chi connectivity index (χ2n) is 3.63. The summed E-state index contributed by atoms with van der Waals surface area (Å²) in [5.41, 5.74) is 4.26. The monoisotopic (exact) mass is 238 g/mol. The Morgan fingerprint density at radius 1 is 1.33 bits per heavy atom. The van der Waals surface area contributed by atoms with Gasteiger partial charge in [0.1, 0.15) is 0 Å². The Bertz CT molecular complexity index is 519. The summed E-state index contributed by atoms with van der Waals surface area (Å²) in [5, 5.41) is 7.35. The first kappa shape index (κ1) is 9.25. The second-order valence-corrected chi connectivity index (χ2v) is 4.52. The third-order valence-corrected chi connectivity index (χ3v) is 3.40. The highest BCUT2D eigenvalue weighted by Gasteiger charge is 2.27. The van der Waals surface area contributed by atoms with Gasteiger partial charge in [-0.15, -0.1) is 11.6 Å². The SMILES string of the molecule is Clc1n[nH]c2c1-c1ccccc1CC2Cl. The first-order valence-corrected chi connectivity index (χ1v) is 5.55. The third-order valence-electron chi connectivity index (χ3n) is 2.75. The smallest absolute Gasteiger partial charge is 0.158 e. The second kappa shape index (κ2) is 3.26. The summed E-state index contributed by atoms with van der Waals surface area (Å²) in [4.78, 5) is 0. The van der Waals surface area contributed by atoms with E-state index in [1.165, 1.54) is 5.56 Å². The first-order chi connectivity index (χ1) is 7.27. The molecule has 1 heterocycles. The van der Waals surface area contributed by atoms with E-state index < -0.39 is 0 Å². The lowest BCUT2D eigenvalue weighted by molar-refractivity contribution is 0.850. The molecule has 0 aliphatic heterocycles. The van der Waals surface area contributed by atoms with Crippen molar-refractivity contribution in [3.63, 3.8) is 0 Å². The molecular formula is C11H8Cl2N2. The molecule has 15 heavy (non-hydrogen) atoms. The van der Waals surface area contributed by atoms with Crippen LogP contribution in [-0.4, -0.2) is 10.2 Å². The maximum atomic E-state index is 6.26. The Kier molecular flexibility index (Phi) is 2.01. The maximum absolute atomic E-state index is 6.26. The zero-order valence-corrected chi connectivity index (χ0v) is 9.31. The Hall–Kier alpha value is -0.990. The first-order valence-electron chi connectivity index (χ1n) is 4.73. The van der Waals surface area contributed by atoms with Crippen molar-refractivity contribution in [2.45, 2.75) is 11.8 Å². The predicted molar refractivity (Wildman–Crippen MR) is 61.3 cm³/mol. The van der Waals surface area contributed by atoms with Gasteiger partial charge in [0.05, 0.1) is 11.1 Å². The molecule has 2 aromatic rings. The Labute approximate surface area is 97.2 Å². The number of hydrogen-bond donors (Lipinski definition) is 1. The van der Waals surface area contributed by atoms with Crippen LogP contribution in [0.15, 0.2) is 24.3 Å². The van der Waals surface area contributed by atoms with Gasteiger partial charge >= 0.3 is 0 Å². The summed E-state index contributed by atoms with van der Waals surface area (Å²) in [6.45, 7) is 0. The van der Waals surface area contributed by atoms with Gasteiger partial charge in [-0.05, 0) is 17.5 Å². The van der Waals surface area contributed by atoms with Gasteiger partial charge in [-0.1, -0.05) is 35.9 Å². The van der Waals surface area contributed by atoms with Crippen LogP contribution in [0.1, 0.15) is 16.6 Å². The lowest BCUT2D eigenvalue weighted by atomic mass is 9.90. The van der Waals surface area contributed by atoms with Crippen LogP contribution in [0, 0.1) is 0 Å². The van der Waals surface area contributed by atoms with E-state index in [-0.39, 0.29) is 5.38 Å². The number of alkyl halides is 1. The highest BCUT2D eigenvalue weighted by atomic mass is 35.5. The Morgan fingerprint density at radius 3 is 3.00 bits per heavy atom. The highest BCUT2D eigenvalue weighted by Crippen LogP contribution is 2.43. The molecule has 1 N–H and O–H groups in total. The van der Waals surface area contributed by atoms with E-state index in [4.69, 9.17) is 23.2 Å². The number of nitrogens with zero attached hydrogens (tertiary/aromatic N) is 1. The van der Waals surface area contributed by atoms with Crippen LogP contribution in [0.3, 0.4) is 0 Å². The van der Waals surface area contributed by atoms with E-state index >= 15 is 0 Å². The molecular weight excluding hydrogens is 231 g/mol. The van der Waals surface area contributed by atoms with Crippen LogP contribution < -0.4 is 0 Å². The molecule has 1 aromatic heterocycles. The molecule has 0 saturated heterocycles. The van der Waals surface area contributed by atoms with Crippen molar-refractivity contribution in [3.05, 3.63) is 40.7 Å². The lowest BCUT2D eigenvalue weighted by Gasteiger charge is -2.19. The van der Waals surface area contributed by atoms with Crippen molar-refractivity contribution in [1.29, 1.82) is 0 Å². The van der Waals surface area contributed by atoms with Crippen molar-refractivity contribution >= 4 is 23.2 Å². The fraction of sp³-hybridized carbons (Fsp3) is 0.182. The normalized spacial score (nSPS) is 18.4. The van der Waals surface area contributed by atoms with Gasteiger partial charge in [0, 0.05) is 5.56 Å². The average Bonchev–Trinajstić information content (AvgIpc) is 2.62. The maximum Gasteiger partial charge on any atom is 0.158 e. The van der Waals surface area contributed by atoms with E-state index in [1.807, 2.05) is 12.1 Å². The van der Waals surface area contributed by atoms with E-state index in [0.29, 0.717) is 5.15 Å². The molecule has 0 radical (unpaired) electrons. The topological polar surface area (TPSA) is 28.7 Å². The van der Waals surface area contributed by atoms with Crippen LogP contribution in [0.4, 0.5) is 0 Å². The highest BCUT2D eigenvalue weighted by molar-refractivity contribution is 6.33. The Morgan fingerprint density at radius 2 is 2.13 bits per heavy atom. The molecule has 0 bridgehead atoms. The van der Waals surface area contributed by atoms with Crippen molar-refractivity contribution in [1.82, 2.24) is 10.2 Å². The van der Waals surface area contributed by atoms with Gasteiger partial charge in [-0.2, -0.15) is 5.10 Å². The van der Waals surface area contributed by atoms with Crippen LogP contribution in [0.2, 0.25) is 5.15 Å². The zero-order chi connectivity index (χ0) is 10.4. The molecule has 1 aliphatic carbocycles. The number of aromatic nitrogens is 2. The van der Waals surface area contributed by atoms with Crippen LogP contribution in [-0.2, 0) is 6.42 Å². The molecule has 1 aromatic carbocycles. The molecule has 4 heteroatoms. The minimum Gasteiger partial charge on any atom is -0.279 e. The fourth-order valence-corrected chi connectivity index (χ4v) is 2.62. The molecule has 1 atom stereocenters. The molecule has 76 valence electrons. The molecule has 2 nitrogen and oxygen atoms in total. The minimum absolute atomic E-state index is 0.0603. The van der Waals surface area contributed by atoms with E-state index in [0.717, 1.165) is 23.2 Å². The number of halogens is 2. The van der Waals surface area contributed by atoms with E-state index in [2.05, 4.69) is 22.3 Å². The predicted octanol–water partition coefficient (Wildman–Crippen LogP) is 3.57. The lowest BCUT2D eigenvalue weighted by Crippen LogP contribution is -2.05. The Balaban J connectivity index is 2.33. The van der Waals surface area contributed by atoms with Crippen molar-refractivity contribution in [3.8, 4) is 11.1 Å². The quantitative estimate of drug-likeness (QED) is 0.699. The third kappa shape index (κ3) is 1.29. The van der Waals surface area contributed by atoms with Gasteiger partial charge in [-0.25, -0.2) is 0 Å². The average molecular weight is 239 g/mol. The number of benzene rings is 1. The molecule has 0 amide bonds. The van der Waals surface area contributed by atoms with Crippen LogP contribution in [0.5, 0.6) is 0 Å². The largest absolute Gasteiger partial charge is 0.279 e. The minimum atomic E-state index is -0.0603. The molecule has 0 fully saturated rings. The molecule has 1 unspecified atom stereocenters. The summed E-state index contributed by atoms with van der Waals surface area (Å²) in [6, 6.07) is 8.15. The van der Waals surface area contributed by atoms with Gasteiger partial charge < -0.3 is 0 Å². The summed E-state index contributed by atoms with van der Waals surface area (Å²) in [5.74, 6) is 0. The number of nitrogens with one attached hydrogen (secondary N) is 1. The summed E-state index contributed by atoms with van der Waals surface area (Å²) in [7, 11) is 0. The number of fused-ring (bicyclic) bond motifs is 3. The van der Waals surface area contributed by atoms with Crippen molar-refractivity contribution in [2.75, 3.05) is 0 Å².